The smallest absolute Gasteiger partial charge is 0.137 e. The van der Waals surface area contributed by atoms with Crippen LogP contribution in [0.25, 0.3) is 87.6 Å². The molecule has 0 aliphatic carbocycles. The molecule has 0 unspecified atom stereocenters. The van der Waals surface area contributed by atoms with Crippen molar-refractivity contribution in [2.75, 3.05) is 4.90 Å². The van der Waals surface area contributed by atoms with Crippen LogP contribution in [0.1, 0.15) is 0 Å². The van der Waals surface area contributed by atoms with Gasteiger partial charge < -0.3 is 9.32 Å². The molecule has 0 aliphatic heterocycles. The van der Waals surface area contributed by atoms with Crippen LogP contribution < -0.4 is 4.90 Å². The van der Waals surface area contributed by atoms with Crippen molar-refractivity contribution in [2.45, 2.75) is 0 Å². The molecule has 1 heterocycles. The predicted molar refractivity (Wildman–Crippen MR) is 237 cm³/mol. The van der Waals surface area contributed by atoms with Gasteiger partial charge in [-0.15, -0.1) is 0 Å². The number of rotatable bonds is 6. The summed E-state index contributed by atoms with van der Waals surface area (Å²) in [6.07, 6.45) is 0. The minimum atomic E-state index is 0.855. The van der Waals surface area contributed by atoms with Crippen LogP contribution in [0.3, 0.4) is 0 Å². The average Bonchev–Trinajstić information content (AvgIpc) is 3.66. The summed E-state index contributed by atoms with van der Waals surface area (Å²) in [6, 6.07) is 76.7. The van der Waals surface area contributed by atoms with E-state index in [0.717, 1.165) is 50.1 Å². The molecule has 11 rings (SSSR count). The van der Waals surface area contributed by atoms with Gasteiger partial charge in [0.1, 0.15) is 11.2 Å². The van der Waals surface area contributed by atoms with Crippen molar-refractivity contribution < 1.29 is 4.42 Å². The summed E-state index contributed by atoms with van der Waals surface area (Å²) in [5, 5.41) is 9.40. The number of furan rings is 1. The van der Waals surface area contributed by atoms with Crippen molar-refractivity contribution in [3.8, 4) is 33.4 Å². The Morgan fingerprint density at radius 1 is 0.304 bits per heavy atom. The van der Waals surface area contributed by atoms with E-state index < -0.39 is 0 Å². The second-order valence-corrected chi connectivity index (χ2v) is 14.4. The van der Waals surface area contributed by atoms with E-state index in [4.69, 9.17) is 4.42 Å². The molecule has 11 aromatic rings. The predicted octanol–water partition coefficient (Wildman–Crippen LogP) is 15.5. The second-order valence-electron chi connectivity index (χ2n) is 14.4. The number of anilines is 3. The number of benzene rings is 10. The molecule has 0 saturated carbocycles. The van der Waals surface area contributed by atoms with Crippen LogP contribution >= 0.6 is 0 Å². The molecule has 0 spiro atoms. The number of fused-ring (bicyclic) bond motifs is 6. The van der Waals surface area contributed by atoms with E-state index in [9.17, 15) is 0 Å². The molecule has 10 aromatic carbocycles. The maximum absolute atomic E-state index is 6.58. The molecule has 0 saturated heterocycles. The highest BCUT2D eigenvalue weighted by Crippen LogP contribution is 2.52. The molecular weight excluding hydrogens is 679 g/mol. The van der Waals surface area contributed by atoms with Crippen LogP contribution in [-0.4, -0.2) is 0 Å². The van der Waals surface area contributed by atoms with Gasteiger partial charge in [0.25, 0.3) is 0 Å². The fraction of sp³-hybridized carbons (Fsp3) is 0. The Morgan fingerprint density at radius 3 is 1.62 bits per heavy atom. The Bertz CT molecular complexity index is 3260. The lowest BCUT2D eigenvalue weighted by atomic mass is 9.90. The maximum Gasteiger partial charge on any atom is 0.137 e. The van der Waals surface area contributed by atoms with E-state index in [0.29, 0.717) is 0 Å². The zero-order chi connectivity index (χ0) is 37.0. The summed E-state index contributed by atoms with van der Waals surface area (Å²) in [7, 11) is 0. The van der Waals surface area contributed by atoms with Gasteiger partial charge in [-0.2, -0.15) is 0 Å². The molecule has 0 atom stereocenters. The summed E-state index contributed by atoms with van der Waals surface area (Å²) in [5.41, 5.74) is 12.0. The van der Waals surface area contributed by atoms with Crippen LogP contribution in [0, 0.1) is 0 Å². The molecule has 0 radical (unpaired) electrons. The third kappa shape index (κ3) is 5.19. The largest absolute Gasteiger partial charge is 0.456 e. The number of para-hydroxylation sites is 1. The van der Waals surface area contributed by atoms with Gasteiger partial charge in [-0.1, -0.05) is 176 Å². The summed E-state index contributed by atoms with van der Waals surface area (Å²) in [6.45, 7) is 0. The van der Waals surface area contributed by atoms with E-state index >= 15 is 0 Å². The van der Waals surface area contributed by atoms with Crippen molar-refractivity contribution in [2.24, 2.45) is 0 Å². The third-order valence-corrected chi connectivity index (χ3v) is 11.3. The van der Waals surface area contributed by atoms with Gasteiger partial charge in [0.05, 0.1) is 22.4 Å². The number of hydrogen-bond acceptors (Lipinski definition) is 2. The Balaban J connectivity index is 1.31. The van der Waals surface area contributed by atoms with Crippen LogP contribution in [0.15, 0.2) is 217 Å². The molecule has 2 nitrogen and oxygen atoms in total. The first-order chi connectivity index (χ1) is 27.8. The van der Waals surface area contributed by atoms with E-state index in [-0.39, 0.29) is 0 Å². The minimum Gasteiger partial charge on any atom is -0.456 e. The summed E-state index contributed by atoms with van der Waals surface area (Å²) in [4.78, 5) is 2.50. The minimum absolute atomic E-state index is 0.855. The Morgan fingerprint density at radius 2 is 0.857 bits per heavy atom. The van der Waals surface area contributed by atoms with Gasteiger partial charge in [0, 0.05) is 16.5 Å². The average molecular weight is 714 g/mol. The topological polar surface area (TPSA) is 16.4 Å². The summed E-state index contributed by atoms with van der Waals surface area (Å²) in [5.74, 6) is 0. The van der Waals surface area contributed by atoms with Crippen molar-refractivity contribution in [3.05, 3.63) is 212 Å². The van der Waals surface area contributed by atoms with E-state index in [1.165, 1.54) is 54.6 Å². The van der Waals surface area contributed by atoms with E-state index in [2.05, 4.69) is 211 Å². The molecule has 1 aromatic heterocycles. The monoisotopic (exact) mass is 713 g/mol. The molecule has 0 bridgehead atoms. The quantitative estimate of drug-likeness (QED) is 0.171. The first-order valence-electron chi connectivity index (χ1n) is 19.2. The standard InChI is InChI=1S/C54H35NO/c1-2-15-36(16-3-1)40-32-33-48(47(35-40)44-26-12-20-37-17-4-7-22-41(37)44)55(49-28-14-30-52-54(49)46-25-10-11-29-51(46)56-52)50-34-31-39-19-6-9-24-43(39)53(50)45-27-13-21-38-18-5-8-23-42(38)45/h1-35H. The van der Waals surface area contributed by atoms with Crippen LogP contribution in [0.4, 0.5) is 17.1 Å². The molecule has 0 amide bonds. The summed E-state index contributed by atoms with van der Waals surface area (Å²) >= 11 is 0. The fourth-order valence-electron chi connectivity index (χ4n) is 8.72. The number of hydrogen-bond donors (Lipinski definition) is 0. The lowest BCUT2D eigenvalue weighted by molar-refractivity contribution is 0.669. The highest BCUT2D eigenvalue weighted by Gasteiger charge is 2.26. The second kappa shape index (κ2) is 13.2. The van der Waals surface area contributed by atoms with Crippen LogP contribution in [0.5, 0.6) is 0 Å². The highest BCUT2D eigenvalue weighted by molar-refractivity contribution is 6.17. The van der Waals surface area contributed by atoms with E-state index in [1.54, 1.807) is 0 Å². The van der Waals surface area contributed by atoms with Crippen molar-refractivity contribution >= 4 is 71.3 Å². The highest BCUT2D eigenvalue weighted by atomic mass is 16.3. The van der Waals surface area contributed by atoms with Crippen LogP contribution in [-0.2, 0) is 0 Å². The number of nitrogens with zero attached hydrogens (tertiary/aromatic N) is 1. The zero-order valence-corrected chi connectivity index (χ0v) is 30.6. The molecule has 56 heavy (non-hydrogen) atoms. The zero-order valence-electron chi connectivity index (χ0n) is 30.6. The SMILES string of the molecule is c1ccc(-c2ccc(N(c3ccc4ccccc4c3-c3cccc4ccccc34)c3cccc4oc5ccccc5c34)c(-c3cccc4ccccc34)c2)cc1. The lowest BCUT2D eigenvalue weighted by Crippen LogP contribution is -2.13. The molecule has 262 valence electrons. The molecular formula is C54H35NO. The van der Waals surface area contributed by atoms with Gasteiger partial charge in [-0.3, -0.25) is 0 Å². The summed E-state index contributed by atoms with van der Waals surface area (Å²) < 4.78 is 6.58. The molecule has 0 N–H and O–H groups in total. The van der Waals surface area contributed by atoms with E-state index in [1.807, 2.05) is 6.07 Å². The van der Waals surface area contributed by atoms with Gasteiger partial charge in [0.15, 0.2) is 0 Å². The lowest BCUT2D eigenvalue weighted by Gasteiger charge is -2.32. The van der Waals surface area contributed by atoms with Gasteiger partial charge in [-0.05, 0) is 91.0 Å². The Hall–Kier alpha value is -7.42. The third-order valence-electron chi connectivity index (χ3n) is 11.3. The fourth-order valence-corrected chi connectivity index (χ4v) is 8.72. The van der Waals surface area contributed by atoms with Crippen LogP contribution in [0.2, 0.25) is 0 Å². The molecule has 2 heteroatoms. The first-order valence-corrected chi connectivity index (χ1v) is 19.2. The maximum atomic E-state index is 6.58. The van der Waals surface area contributed by atoms with Gasteiger partial charge in [-0.25, -0.2) is 0 Å². The van der Waals surface area contributed by atoms with Gasteiger partial charge in [0.2, 0.25) is 0 Å². The first kappa shape index (κ1) is 32.0. The normalized spacial score (nSPS) is 11.6. The Kier molecular flexibility index (Phi) is 7.53. The Labute approximate surface area is 325 Å². The van der Waals surface area contributed by atoms with Crippen molar-refractivity contribution in [1.29, 1.82) is 0 Å². The molecule has 0 fully saturated rings. The molecule has 0 aliphatic rings. The van der Waals surface area contributed by atoms with Gasteiger partial charge >= 0.3 is 0 Å². The van der Waals surface area contributed by atoms with Crippen molar-refractivity contribution in [3.63, 3.8) is 0 Å². The van der Waals surface area contributed by atoms with Crippen molar-refractivity contribution in [1.82, 2.24) is 0 Å².